The number of amides is 1. The van der Waals surface area contributed by atoms with Gasteiger partial charge in [-0.3, -0.25) is 9.59 Å². The highest BCUT2D eigenvalue weighted by molar-refractivity contribution is 5.89. The third-order valence-electron chi connectivity index (χ3n) is 1.92. The quantitative estimate of drug-likeness (QED) is 0.452. The third-order valence-corrected chi connectivity index (χ3v) is 1.92. The molecule has 0 rings (SSSR count). The molecule has 92 valence electrons. The summed E-state index contributed by atoms with van der Waals surface area (Å²) in [5.74, 6) is -3.12. The number of carbonyl (C=O) groups excluding carboxylic acids is 1. The van der Waals surface area contributed by atoms with Crippen molar-refractivity contribution in [2.75, 3.05) is 0 Å². The molecule has 0 aliphatic heterocycles. The lowest BCUT2D eigenvalue weighted by atomic mass is 10.1. The molecule has 0 fully saturated rings. The van der Waals surface area contributed by atoms with Crippen LogP contribution in [0.2, 0.25) is 0 Å². The van der Waals surface area contributed by atoms with Gasteiger partial charge in [-0.1, -0.05) is 13.3 Å². The summed E-state index contributed by atoms with van der Waals surface area (Å²) in [5.41, 5.74) is 5.28. The van der Waals surface area contributed by atoms with Gasteiger partial charge >= 0.3 is 11.9 Å². The molecule has 16 heavy (non-hydrogen) atoms. The molecule has 5 N–H and O–H groups in total. The highest BCUT2D eigenvalue weighted by Crippen LogP contribution is 1.98. The molecule has 0 aromatic rings. The van der Waals surface area contributed by atoms with E-state index in [2.05, 4.69) is 5.32 Å². The second-order valence-corrected chi connectivity index (χ2v) is 3.39. The molecule has 0 radical (unpaired) electrons. The summed E-state index contributed by atoms with van der Waals surface area (Å²) in [6, 6.07) is -2.24. The van der Waals surface area contributed by atoms with Crippen molar-refractivity contribution in [3.8, 4) is 0 Å². The molecule has 0 unspecified atom stereocenters. The summed E-state index contributed by atoms with van der Waals surface area (Å²) in [5, 5.41) is 19.3. The van der Waals surface area contributed by atoms with E-state index in [1.54, 1.807) is 6.92 Å². The summed E-state index contributed by atoms with van der Waals surface area (Å²) in [4.78, 5) is 32.3. The van der Waals surface area contributed by atoms with Gasteiger partial charge in [0.15, 0.2) is 0 Å². The van der Waals surface area contributed by atoms with Crippen LogP contribution < -0.4 is 11.1 Å². The second kappa shape index (κ2) is 6.78. The molecule has 0 aliphatic carbocycles. The maximum Gasteiger partial charge on any atom is 0.326 e. The Morgan fingerprint density at radius 3 is 2.25 bits per heavy atom. The fraction of sp³-hybridized carbons (Fsp3) is 0.667. The van der Waals surface area contributed by atoms with Gasteiger partial charge < -0.3 is 21.3 Å². The maximum atomic E-state index is 11.3. The lowest BCUT2D eigenvalue weighted by molar-refractivity contribution is -0.142. The smallest absolute Gasteiger partial charge is 0.326 e. The first-order valence-corrected chi connectivity index (χ1v) is 4.89. The molecule has 7 heteroatoms. The number of hydrogen-bond donors (Lipinski definition) is 4. The van der Waals surface area contributed by atoms with Crippen LogP contribution in [0.3, 0.4) is 0 Å². The molecule has 7 nitrogen and oxygen atoms in total. The minimum Gasteiger partial charge on any atom is -0.481 e. The highest BCUT2D eigenvalue weighted by Gasteiger charge is 2.23. The molecule has 0 aromatic heterocycles. The molecule has 0 saturated carbocycles. The van der Waals surface area contributed by atoms with Crippen molar-refractivity contribution in [3.05, 3.63) is 0 Å². The van der Waals surface area contributed by atoms with Crippen molar-refractivity contribution < 1.29 is 24.6 Å². The third kappa shape index (κ3) is 5.30. The Balaban J connectivity index is 4.28. The Morgan fingerprint density at radius 1 is 1.31 bits per heavy atom. The highest BCUT2D eigenvalue weighted by atomic mass is 16.4. The monoisotopic (exact) mass is 232 g/mol. The van der Waals surface area contributed by atoms with Crippen LogP contribution in [0, 0.1) is 0 Å². The van der Waals surface area contributed by atoms with E-state index in [1.807, 2.05) is 0 Å². The van der Waals surface area contributed by atoms with Crippen LogP contribution in [0.1, 0.15) is 26.2 Å². The number of nitrogens with two attached hydrogens (primary N) is 1. The molecule has 2 atom stereocenters. The fourth-order valence-corrected chi connectivity index (χ4v) is 1.11. The summed E-state index contributed by atoms with van der Waals surface area (Å²) < 4.78 is 0. The Labute approximate surface area is 92.6 Å². The van der Waals surface area contributed by atoms with Crippen molar-refractivity contribution in [3.63, 3.8) is 0 Å². The Kier molecular flexibility index (Phi) is 6.09. The van der Waals surface area contributed by atoms with Crippen LogP contribution in [0.5, 0.6) is 0 Å². The minimum absolute atomic E-state index is 0.279. The number of carboxylic acids is 2. The lowest BCUT2D eigenvalue weighted by Crippen LogP contribution is -2.49. The average molecular weight is 232 g/mol. The van der Waals surface area contributed by atoms with Gasteiger partial charge in [0.2, 0.25) is 5.91 Å². The van der Waals surface area contributed by atoms with Crippen molar-refractivity contribution in [1.82, 2.24) is 5.32 Å². The van der Waals surface area contributed by atoms with Crippen LogP contribution in [-0.4, -0.2) is 40.1 Å². The Hall–Kier alpha value is -1.63. The van der Waals surface area contributed by atoms with Gasteiger partial charge in [-0.15, -0.1) is 0 Å². The molecule has 0 spiro atoms. The number of hydrogen-bond acceptors (Lipinski definition) is 4. The molecular weight excluding hydrogens is 216 g/mol. The first kappa shape index (κ1) is 14.4. The van der Waals surface area contributed by atoms with Crippen LogP contribution in [0.4, 0.5) is 0 Å². The van der Waals surface area contributed by atoms with E-state index in [1.165, 1.54) is 0 Å². The van der Waals surface area contributed by atoms with E-state index < -0.39 is 36.4 Å². The fourth-order valence-electron chi connectivity index (χ4n) is 1.11. The number of rotatable bonds is 7. The maximum absolute atomic E-state index is 11.3. The second-order valence-electron chi connectivity index (χ2n) is 3.39. The van der Waals surface area contributed by atoms with Crippen LogP contribution in [-0.2, 0) is 14.4 Å². The largest absolute Gasteiger partial charge is 0.481 e. The predicted octanol–water partition coefficient (Wildman–Crippen LogP) is -0.842. The van der Waals surface area contributed by atoms with Crippen LogP contribution >= 0.6 is 0 Å². The zero-order chi connectivity index (χ0) is 12.7. The molecule has 0 bridgehead atoms. The summed E-state index contributed by atoms with van der Waals surface area (Å²) in [7, 11) is 0. The van der Waals surface area contributed by atoms with Crippen molar-refractivity contribution >= 4 is 17.8 Å². The number of aliphatic carboxylic acids is 2. The topological polar surface area (TPSA) is 130 Å². The van der Waals surface area contributed by atoms with Gasteiger partial charge in [-0.2, -0.15) is 0 Å². The first-order chi connectivity index (χ1) is 7.38. The molecule has 1 amide bonds. The normalized spacial score (nSPS) is 13.9. The number of nitrogens with one attached hydrogen (secondary N) is 1. The lowest BCUT2D eigenvalue weighted by Gasteiger charge is -2.16. The molecule has 0 heterocycles. The van der Waals surface area contributed by atoms with E-state index in [-0.39, 0.29) is 6.42 Å². The average Bonchev–Trinajstić information content (AvgIpc) is 2.15. The Bertz CT molecular complexity index is 279. The zero-order valence-corrected chi connectivity index (χ0v) is 8.97. The van der Waals surface area contributed by atoms with Gasteiger partial charge in [0.1, 0.15) is 6.04 Å². The molecule has 0 aliphatic rings. The van der Waals surface area contributed by atoms with E-state index in [9.17, 15) is 14.4 Å². The van der Waals surface area contributed by atoms with Gasteiger partial charge in [0.05, 0.1) is 12.5 Å². The van der Waals surface area contributed by atoms with Gasteiger partial charge in [0, 0.05) is 0 Å². The van der Waals surface area contributed by atoms with E-state index in [0.29, 0.717) is 6.42 Å². The van der Waals surface area contributed by atoms with Gasteiger partial charge in [0.25, 0.3) is 0 Å². The van der Waals surface area contributed by atoms with Gasteiger partial charge in [-0.05, 0) is 6.42 Å². The van der Waals surface area contributed by atoms with Gasteiger partial charge in [-0.25, -0.2) is 4.79 Å². The number of carboxylic acid groups (broad SMARTS) is 2. The number of carbonyl (C=O) groups is 3. The zero-order valence-electron chi connectivity index (χ0n) is 8.97. The van der Waals surface area contributed by atoms with Crippen molar-refractivity contribution in [2.45, 2.75) is 38.3 Å². The van der Waals surface area contributed by atoms with E-state index in [4.69, 9.17) is 15.9 Å². The van der Waals surface area contributed by atoms with Crippen molar-refractivity contribution in [1.29, 1.82) is 0 Å². The van der Waals surface area contributed by atoms with E-state index in [0.717, 1.165) is 0 Å². The standard InChI is InChI=1S/C9H16N2O5/c1-2-3-6(9(15)16)11-8(14)5(10)4-7(12)13/h5-6H,2-4,10H2,1H3,(H,11,14)(H,12,13)(H,15,16)/t5-,6+/m0/s1. The van der Waals surface area contributed by atoms with Crippen LogP contribution in [0.15, 0.2) is 0 Å². The summed E-state index contributed by atoms with van der Waals surface area (Å²) >= 11 is 0. The predicted molar refractivity (Wildman–Crippen MR) is 54.7 cm³/mol. The minimum atomic E-state index is -1.23. The summed E-state index contributed by atoms with van der Waals surface area (Å²) in [6.07, 6.45) is 0.344. The van der Waals surface area contributed by atoms with Crippen molar-refractivity contribution in [2.24, 2.45) is 5.73 Å². The molecular formula is C9H16N2O5. The summed E-state index contributed by atoms with van der Waals surface area (Å²) in [6.45, 7) is 1.78. The molecule has 0 aromatic carbocycles. The first-order valence-electron chi connectivity index (χ1n) is 4.89. The molecule has 0 saturated heterocycles. The van der Waals surface area contributed by atoms with Crippen LogP contribution in [0.25, 0.3) is 0 Å². The SMILES string of the molecule is CCC[C@@H](NC(=O)[C@@H](N)CC(=O)O)C(=O)O. The Morgan fingerprint density at radius 2 is 1.88 bits per heavy atom. The van der Waals surface area contributed by atoms with E-state index >= 15 is 0 Å².